The third-order valence-electron chi connectivity index (χ3n) is 4.26. The zero-order chi connectivity index (χ0) is 17.3. The van der Waals surface area contributed by atoms with Crippen molar-refractivity contribution >= 4 is 11.8 Å². The van der Waals surface area contributed by atoms with Crippen molar-refractivity contribution in [3.05, 3.63) is 35.2 Å². The van der Waals surface area contributed by atoms with Gasteiger partial charge >= 0.3 is 5.97 Å². The molecule has 0 amide bonds. The van der Waals surface area contributed by atoms with Gasteiger partial charge in [-0.15, -0.1) is 0 Å². The highest BCUT2D eigenvalue weighted by atomic mass is 16.5. The average Bonchev–Trinajstić information content (AvgIpc) is 2.92. The summed E-state index contributed by atoms with van der Waals surface area (Å²) < 4.78 is 15.8. The minimum Gasteiger partial charge on any atom is -0.497 e. The van der Waals surface area contributed by atoms with Gasteiger partial charge in [0.15, 0.2) is 5.70 Å². The van der Waals surface area contributed by atoms with E-state index in [1.165, 1.54) is 7.11 Å². The predicted molar refractivity (Wildman–Crippen MR) is 86.1 cm³/mol. The normalized spacial score (nSPS) is 19.6. The molecule has 7 heteroatoms. The molecular weight excluding hydrogens is 312 g/mol. The summed E-state index contributed by atoms with van der Waals surface area (Å²) in [6, 6.07) is 4.97. The number of hydrogen-bond acceptors (Lipinski definition) is 7. The van der Waals surface area contributed by atoms with Gasteiger partial charge in [0.25, 0.3) is 0 Å². The number of nitrogens with zero attached hydrogens (tertiary/aromatic N) is 2. The second kappa shape index (κ2) is 6.52. The zero-order valence-corrected chi connectivity index (χ0v) is 14.0. The molecule has 0 radical (unpaired) electrons. The molecule has 1 saturated heterocycles. The van der Waals surface area contributed by atoms with Crippen molar-refractivity contribution in [2.75, 3.05) is 47.4 Å². The molecule has 1 aromatic carbocycles. The first-order valence-electron chi connectivity index (χ1n) is 7.72. The van der Waals surface area contributed by atoms with E-state index in [2.05, 4.69) is 4.90 Å². The number of fused-ring (bicyclic) bond motifs is 1. The summed E-state index contributed by atoms with van der Waals surface area (Å²) in [5.74, 6) is 0.121. The number of likely N-dealkylation sites (N-methyl/N-ethyl adjacent to an activating group) is 1. The number of ether oxygens (including phenoxy) is 3. The molecule has 0 aliphatic carbocycles. The lowest BCUT2D eigenvalue weighted by molar-refractivity contribution is -0.138. The average molecular weight is 332 g/mol. The second-order valence-corrected chi connectivity index (χ2v) is 5.75. The predicted octanol–water partition coefficient (Wildman–Crippen LogP) is 0.902. The number of hydrogen-bond donors (Lipinski definition) is 0. The molecule has 24 heavy (non-hydrogen) atoms. The molecule has 0 atom stereocenters. The Morgan fingerprint density at radius 1 is 1.17 bits per heavy atom. The lowest BCUT2D eigenvalue weighted by Crippen LogP contribution is -2.46. The quantitative estimate of drug-likeness (QED) is 0.602. The van der Waals surface area contributed by atoms with Crippen molar-refractivity contribution in [1.29, 1.82) is 0 Å². The van der Waals surface area contributed by atoms with Crippen LogP contribution in [0.15, 0.2) is 29.7 Å². The molecule has 0 spiro atoms. The van der Waals surface area contributed by atoms with E-state index in [0.29, 0.717) is 30.2 Å². The topological polar surface area (TPSA) is 68.3 Å². The van der Waals surface area contributed by atoms with Gasteiger partial charge < -0.3 is 24.0 Å². The van der Waals surface area contributed by atoms with Gasteiger partial charge in [0, 0.05) is 32.2 Å². The van der Waals surface area contributed by atoms with Crippen LogP contribution in [0.25, 0.3) is 0 Å². The number of carbonyl (C=O) groups is 2. The summed E-state index contributed by atoms with van der Waals surface area (Å²) >= 11 is 0. The number of rotatable bonds is 3. The molecule has 7 nitrogen and oxygen atoms in total. The van der Waals surface area contributed by atoms with Crippen LogP contribution in [0, 0.1) is 0 Å². The fourth-order valence-corrected chi connectivity index (χ4v) is 2.83. The number of carbonyl (C=O) groups excluding carboxylic acids is 2. The molecule has 1 fully saturated rings. The summed E-state index contributed by atoms with van der Waals surface area (Å²) in [6.07, 6.45) is 0. The molecule has 2 aliphatic heterocycles. The molecule has 0 bridgehead atoms. The van der Waals surface area contributed by atoms with Crippen molar-refractivity contribution in [2.24, 2.45) is 0 Å². The molecule has 0 N–H and O–H groups in total. The molecule has 1 aromatic rings. The Bertz CT molecular complexity index is 705. The fraction of sp³-hybridized carbons (Fsp3) is 0.412. The van der Waals surface area contributed by atoms with Gasteiger partial charge in [0.05, 0.1) is 19.8 Å². The molecule has 0 aromatic heterocycles. The van der Waals surface area contributed by atoms with Gasteiger partial charge in [-0.2, -0.15) is 0 Å². The van der Waals surface area contributed by atoms with E-state index in [9.17, 15) is 9.59 Å². The largest absolute Gasteiger partial charge is 0.497 e. The van der Waals surface area contributed by atoms with Gasteiger partial charge in [0.1, 0.15) is 11.5 Å². The van der Waals surface area contributed by atoms with Gasteiger partial charge in [-0.1, -0.05) is 0 Å². The lowest BCUT2D eigenvalue weighted by Gasteiger charge is -2.34. The lowest BCUT2D eigenvalue weighted by atomic mass is 10.1. The molecule has 2 aliphatic rings. The van der Waals surface area contributed by atoms with Crippen LogP contribution in [0.5, 0.6) is 11.5 Å². The van der Waals surface area contributed by atoms with E-state index in [1.54, 1.807) is 25.3 Å². The number of piperazine rings is 1. The van der Waals surface area contributed by atoms with E-state index < -0.39 is 5.97 Å². The fourth-order valence-electron chi connectivity index (χ4n) is 2.83. The first-order valence-corrected chi connectivity index (χ1v) is 7.72. The standard InChI is InChI=1S/C17H20N2O5/c1-18-6-8-19(9-7-18)14(17(21)23-3)16-15(20)12-5-4-11(22-2)10-13(12)24-16/h4-5,10H,6-9H2,1-3H3. The number of esters is 1. The molecule has 2 heterocycles. The van der Waals surface area contributed by atoms with Crippen LogP contribution < -0.4 is 9.47 Å². The molecule has 0 unspecified atom stereocenters. The smallest absolute Gasteiger partial charge is 0.358 e. The Kier molecular flexibility index (Phi) is 4.44. The van der Waals surface area contributed by atoms with Crippen LogP contribution >= 0.6 is 0 Å². The molecule has 3 rings (SSSR count). The van der Waals surface area contributed by atoms with Crippen molar-refractivity contribution in [2.45, 2.75) is 0 Å². The van der Waals surface area contributed by atoms with Gasteiger partial charge in [-0.05, 0) is 19.2 Å². The van der Waals surface area contributed by atoms with Crippen molar-refractivity contribution < 1.29 is 23.8 Å². The highest BCUT2D eigenvalue weighted by Crippen LogP contribution is 2.36. The van der Waals surface area contributed by atoms with E-state index in [-0.39, 0.29) is 17.2 Å². The first-order chi connectivity index (χ1) is 11.5. The Morgan fingerprint density at radius 2 is 1.88 bits per heavy atom. The van der Waals surface area contributed by atoms with Crippen LogP contribution in [0.1, 0.15) is 10.4 Å². The first kappa shape index (κ1) is 16.3. The van der Waals surface area contributed by atoms with Crippen molar-refractivity contribution in [3.63, 3.8) is 0 Å². The van der Waals surface area contributed by atoms with Crippen molar-refractivity contribution in [1.82, 2.24) is 9.80 Å². The number of benzene rings is 1. The SMILES string of the molecule is COC(=O)C(=C1Oc2cc(OC)ccc2C1=O)N1CCN(C)CC1. The second-order valence-electron chi connectivity index (χ2n) is 5.75. The van der Waals surface area contributed by atoms with Gasteiger partial charge in [-0.25, -0.2) is 4.79 Å². The monoisotopic (exact) mass is 332 g/mol. The Balaban J connectivity index is 2.00. The van der Waals surface area contributed by atoms with Gasteiger partial charge in [0.2, 0.25) is 11.5 Å². The number of allylic oxidation sites excluding steroid dienone is 1. The summed E-state index contributed by atoms with van der Waals surface area (Å²) in [4.78, 5) is 29.0. The van der Waals surface area contributed by atoms with E-state index in [4.69, 9.17) is 14.2 Å². The highest BCUT2D eigenvalue weighted by Gasteiger charge is 2.36. The number of ketones is 1. The Hall–Kier alpha value is -2.54. The Labute approximate surface area is 140 Å². The number of methoxy groups -OCH3 is 2. The third kappa shape index (κ3) is 2.82. The maximum Gasteiger partial charge on any atom is 0.358 e. The third-order valence-corrected chi connectivity index (χ3v) is 4.26. The Morgan fingerprint density at radius 3 is 2.50 bits per heavy atom. The maximum atomic E-state index is 12.7. The van der Waals surface area contributed by atoms with Crippen LogP contribution in [0.4, 0.5) is 0 Å². The molecular formula is C17H20N2O5. The van der Waals surface area contributed by atoms with Crippen molar-refractivity contribution in [3.8, 4) is 11.5 Å². The summed E-state index contributed by atoms with van der Waals surface area (Å²) in [5, 5.41) is 0. The summed E-state index contributed by atoms with van der Waals surface area (Å²) in [6.45, 7) is 2.84. The highest BCUT2D eigenvalue weighted by molar-refractivity contribution is 6.15. The zero-order valence-electron chi connectivity index (χ0n) is 14.0. The van der Waals surface area contributed by atoms with Crippen LogP contribution in [0.2, 0.25) is 0 Å². The van der Waals surface area contributed by atoms with E-state index in [1.807, 2.05) is 11.9 Å². The minimum absolute atomic E-state index is 0.0228. The summed E-state index contributed by atoms with van der Waals surface area (Å²) in [5.41, 5.74) is 0.604. The van der Waals surface area contributed by atoms with Gasteiger partial charge in [-0.3, -0.25) is 4.79 Å². The minimum atomic E-state index is -0.567. The van der Waals surface area contributed by atoms with E-state index >= 15 is 0 Å². The van der Waals surface area contributed by atoms with Crippen LogP contribution in [0.3, 0.4) is 0 Å². The van der Waals surface area contributed by atoms with Crippen LogP contribution in [-0.2, 0) is 9.53 Å². The van der Waals surface area contributed by atoms with E-state index in [0.717, 1.165) is 13.1 Å². The maximum absolute atomic E-state index is 12.7. The summed E-state index contributed by atoms with van der Waals surface area (Å²) in [7, 11) is 4.86. The molecule has 128 valence electrons. The number of Topliss-reactive ketones (excluding diaryl/α,β-unsaturated/α-hetero) is 1. The van der Waals surface area contributed by atoms with Crippen LogP contribution in [-0.4, -0.2) is 69.0 Å². The molecule has 0 saturated carbocycles.